The molecule has 0 saturated carbocycles. The van der Waals surface area contributed by atoms with Gasteiger partial charge >= 0.3 is 11.9 Å². The van der Waals surface area contributed by atoms with Gasteiger partial charge in [0.15, 0.2) is 0 Å². The number of nitrogens with zero attached hydrogens (tertiary/aromatic N) is 1. The van der Waals surface area contributed by atoms with Crippen molar-refractivity contribution in [1.82, 2.24) is 4.90 Å². The van der Waals surface area contributed by atoms with Crippen LogP contribution in [0.3, 0.4) is 0 Å². The highest BCUT2D eigenvalue weighted by molar-refractivity contribution is 5.89. The number of methoxy groups -OCH3 is 1. The summed E-state index contributed by atoms with van der Waals surface area (Å²) in [6.07, 6.45) is 2.04. The second-order valence-electron chi connectivity index (χ2n) is 5.96. The SMILES string of the molecule is CC[C@H](OC(=O)c1ccccc1)C(C(=O)OC)C1CCCN1C. The number of carbonyl (C=O) groups excluding carboxylic acids is 2. The van der Waals surface area contributed by atoms with Crippen molar-refractivity contribution in [1.29, 1.82) is 0 Å². The van der Waals surface area contributed by atoms with E-state index >= 15 is 0 Å². The lowest BCUT2D eigenvalue weighted by atomic mass is 9.90. The molecule has 3 atom stereocenters. The minimum Gasteiger partial charge on any atom is -0.469 e. The van der Waals surface area contributed by atoms with Gasteiger partial charge in [0.2, 0.25) is 0 Å². The predicted molar refractivity (Wildman–Crippen MR) is 87.1 cm³/mol. The number of rotatable bonds is 6. The molecule has 0 aliphatic carbocycles. The van der Waals surface area contributed by atoms with E-state index in [2.05, 4.69) is 4.90 Å². The normalized spacial score (nSPS) is 20.7. The third-order valence-electron chi connectivity index (χ3n) is 4.54. The zero-order chi connectivity index (χ0) is 16.8. The topological polar surface area (TPSA) is 55.8 Å². The van der Waals surface area contributed by atoms with Gasteiger partial charge in [-0.15, -0.1) is 0 Å². The number of benzene rings is 1. The van der Waals surface area contributed by atoms with Crippen molar-refractivity contribution in [3.05, 3.63) is 35.9 Å². The first-order valence-electron chi connectivity index (χ1n) is 8.12. The molecule has 0 radical (unpaired) electrons. The van der Waals surface area contributed by atoms with Crippen molar-refractivity contribution < 1.29 is 19.1 Å². The van der Waals surface area contributed by atoms with E-state index in [0.717, 1.165) is 19.4 Å². The largest absolute Gasteiger partial charge is 0.469 e. The lowest BCUT2D eigenvalue weighted by Crippen LogP contribution is -2.45. The summed E-state index contributed by atoms with van der Waals surface area (Å²) >= 11 is 0. The third kappa shape index (κ3) is 4.10. The number of esters is 2. The van der Waals surface area contributed by atoms with Crippen molar-refractivity contribution in [3.63, 3.8) is 0 Å². The summed E-state index contributed by atoms with van der Waals surface area (Å²) in [5.74, 6) is -1.16. The molecule has 0 spiro atoms. The van der Waals surface area contributed by atoms with E-state index in [9.17, 15) is 9.59 Å². The fourth-order valence-electron chi connectivity index (χ4n) is 3.27. The summed E-state index contributed by atoms with van der Waals surface area (Å²) in [6, 6.07) is 8.91. The minimum absolute atomic E-state index is 0.0518. The molecule has 2 rings (SSSR count). The van der Waals surface area contributed by atoms with E-state index < -0.39 is 18.0 Å². The van der Waals surface area contributed by atoms with Crippen LogP contribution in [0.2, 0.25) is 0 Å². The Balaban J connectivity index is 2.17. The molecule has 0 aromatic heterocycles. The molecule has 0 amide bonds. The molecule has 1 aliphatic heterocycles. The van der Waals surface area contributed by atoms with Crippen LogP contribution in [-0.4, -0.2) is 49.7 Å². The van der Waals surface area contributed by atoms with Gasteiger partial charge in [0.05, 0.1) is 12.7 Å². The quantitative estimate of drug-likeness (QED) is 0.754. The van der Waals surface area contributed by atoms with E-state index in [1.54, 1.807) is 24.3 Å². The summed E-state index contributed by atoms with van der Waals surface area (Å²) in [5, 5.41) is 0. The van der Waals surface area contributed by atoms with Crippen molar-refractivity contribution in [2.24, 2.45) is 5.92 Å². The maximum absolute atomic E-state index is 12.3. The smallest absolute Gasteiger partial charge is 0.338 e. The first-order valence-corrected chi connectivity index (χ1v) is 8.12. The number of hydrogen-bond acceptors (Lipinski definition) is 5. The van der Waals surface area contributed by atoms with Crippen LogP contribution in [0.15, 0.2) is 30.3 Å². The Bertz CT molecular complexity index is 531. The van der Waals surface area contributed by atoms with Gasteiger partial charge in [0.1, 0.15) is 12.0 Å². The second kappa shape index (κ2) is 8.11. The summed E-state index contributed by atoms with van der Waals surface area (Å²) in [5.41, 5.74) is 0.495. The minimum atomic E-state index is -0.485. The average molecular weight is 319 g/mol. The highest BCUT2D eigenvalue weighted by atomic mass is 16.6. The van der Waals surface area contributed by atoms with Gasteiger partial charge < -0.3 is 14.4 Å². The Hall–Kier alpha value is -1.88. The highest BCUT2D eigenvalue weighted by Gasteiger charge is 2.41. The number of carbonyl (C=O) groups is 2. The standard InChI is InChI=1S/C18H25NO4/c1-4-15(23-17(20)13-9-6-5-7-10-13)16(18(21)22-3)14-11-8-12-19(14)2/h5-7,9-10,14-16H,4,8,11-12H2,1-3H3/t14?,15-,16?/m0/s1. The summed E-state index contributed by atoms with van der Waals surface area (Å²) < 4.78 is 10.7. The fraction of sp³-hybridized carbons (Fsp3) is 0.556. The molecule has 1 aliphatic rings. The molecule has 2 unspecified atom stereocenters. The Morgan fingerprint density at radius 3 is 2.52 bits per heavy atom. The van der Waals surface area contributed by atoms with Crippen LogP contribution < -0.4 is 0 Å². The lowest BCUT2D eigenvalue weighted by molar-refractivity contribution is -0.152. The van der Waals surface area contributed by atoms with Crippen LogP contribution >= 0.6 is 0 Å². The van der Waals surface area contributed by atoms with Gasteiger partial charge in [-0.3, -0.25) is 4.79 Å². The molecule has 5 heteroatoms. The highest BCUT2D eigenvalue weighted by Crippen LogP contribution is 2.29. The van der Waals surface area contributed by atoms with Gasteiger partial charge in [-0.1, -0.05) is 25.1 Å². The molecule has 0 N–H and O–H groups in total. The van der Waals surface area contributed by atoms with E-state index in [4.69, 9.17) is 9.47 Å². The van der Waals surface area contributed by atoms with Crippen LogP contribution in [-0.2, 0) is 14.3 Å². The fourth-order valence-corrected chi connectivity index (χ4v) is 3.27. The van der Waals surface area contributed by atoms with Crippen LogP contribution in [0.25, 0.3) is 0 Å². The van der Waals surface area contributed by atoms with E-state index in [1.807, 2.05) is 20.0 Å². The summed E-state index contributed by atoms with van der Waals surface area (Å²) in [7, 11) is 3.38. The Kier molecular flexibility index (Phi) is 6.16. The molecule has 23 heavy (non-hydrogen) atoms. The van der Waals surface area contributed by atoms with E-state index in [0.29, 0.717) is 12.0 Å². The van der Waals surface area contributed by atoms with E-state index in [-0.39, 0.29) is 12.0 Å². The van der Waals surface area contributed by atoms with E-state index in [1.165, 1.54) is 7.11 Å². The number of hydrogen-bond donors (Lipinski definition) is 0. The molecule has 1 saturated heterocycles. The average Bonchev–Trinajstić information content (AvgIpc) is 3.00. The van der Waals surface area contributed by atoms with Gasteiger partial charge in [-0.25, -0.2) is 4.79 Å². The van der Waals surface area contributed by atoms with Crippen LogP contribution in [0.1, 0.15) is 36.5 Å². The predicted octanol–water partition coefficient (Wildman–Crippen LogP) is 2.51. The Labute approximate surface area is 137 Å². The van der Waals surface area contributed by atoms with Crippen molar-refractivity contribution >= 4 is 11.9 Å². The Morgan fingerprint density at radius 2 is 2.00 bits per heavy atom. The van der Waals surface area contributed by atoms with Crippen molar-refractivity contribution in [3.8, 4) is 0 Å². The van der Waals surface area contributed by atoms with Crippen LogP contribution in [0.4, 0.5) is 0 Å². The Morgan fingerprint density at radius 1 is 1.30 bits per heavy atom. The zero-order valence-corrected chi connectivity index (χ0v) is 14.0. The first kappa shape index (κ1) is 17.5. The first-order chi connectivity index (χ1) is 11.1. The molecular weight excluding hydrogens is 294 g/mol. The van der Waals surface area contributed by atoms with Gasteiger partial charge in [-0.05, 0) is 45.0 Å². The zero-order valence-electron chi connectivity index (χ0n) is 14.0. The lowest BCUT2D eigenvalue weighted by Gasteiger charge is -2.32. The summed E-state index contributed by atoms with van der Waals surface area (Å²) in [4.78, 5) is 26.8. The molecule has 1 heterocycles. The third-order valence-corrected chi connectivity index (χ3v) is 4.54. The molecule has 1 aromatic carbocycles. The second-order valence-corrected chi connectivity index (χ2v) is 5.96. The molecule has 5 nitrogen and oxygen atoms in total. The monoisotopic (exact) mass is 319 g/mol. The van der Waals surface area contributed by atoms with Gasteiger partial charge in [-0.2, -0.15) is 0 Å². The molecule has 1 aromatic rings. The number of ether oxygens (including phenoxy) is 2. The van der Waals surface area contributed by atoms with Crippen LogP contribution in [0.5, 0.6) is 0 Å². The molecule has 126 valence electrons. The molecule has 0 bridgehead atoms. The maximum Gasteiger partial charge on any atom is 0.338 e. The maximum atomic E-state index is 12.3. The van der Waals surface area contributed by atoms with Crippen molar-refractivity contribution in [2.75, 3.05) is 20.7 Å². The molecular formula is C18H25NO4. The molecule has 1 fully saturated rings. The number of likely N-dealkylation sites (tertiary alicyclic amines) is 1. The van der Waals surface area contributed by atoms with Gasteiger partial charge in [0, 0.05) is 6.04 Å². The summed E-state index contributed by atoms with van der Waals surface area (Å²) in [6.45, 7) is 2.87. The van der Waals surface area contributed by atoms with Crippen molar-refractivity contribution in [2.45, 2.75) is 38.3 Å². The van der Waals surface area contributed by atoms with Gasteiger partial charge in [0.25, 0.3) is 0 Å². The van der Waals surface area contributed by atoms with Crippen LogP contribution in [0, 0.1) is 5.92 Å².